The minimum absolute atomic E-state index is 0.417. The maximum atomic E-state index is 2.39. The molecule has 0 radical (unpaired) electrons. The lowest BCUT2D eigenvalue weighted by Gasteiger charge is -2.32. The fraction of sp³-hybridized carbons (Fsp3) is 0.0244. The molecule has 14 aromatic rings. The predicted octanol–water partition coefficient (Wildman–Crippen LogP) is 21.3. The van der Waals surface area contributed by atoms with Crippen molar-refractivity contribution in [3.8, 4) is 55.6 Å². The van der Waals surface area contributed by atoms with Gasteiger partial charge in [-0.1, -0.05) is 243 Å². The number of hydrogen-bond donors (Lipinski definition) is 0. The second-order valence-electron chi connectivity index (χ2n) is 23.0. The van der Waals surface area contributed by atoms with Gasteiger partial charge in [0.2, 0.25) is 0 Å². The Balaban J connectivity index is 0.705. The second kappa shape index (κ2) is 17.8. The normalized spacial score (nSPS) is 13.7. The third kappa shape index (κ3) is 6.34. The van der Waals surface area contributed by atoms with E-state index in [-0.39, 0.29) is 0 Å². The highest BCUT2D eigenvalue weighted by Crippen LogP contribution is 2.66. The molecule has 390 valence electrons. The molecule has 14 aromatic carbocycles. The third-order valence-electron chi connectivity index (χ3n) is 19.0. The van der Waals surface area contributed by atoms with Gasteiger partial charge in [0, 0.05) is 34.1 Å². The Bertz CT molecular complexity index is 4570. The van der Waals surface area contributed by atoms with E-state index in [0.717, 1.165) is 45.3 Å². The maximum absolute atomic E-state index is 2.39. The van der Waals surface area contributed by atoms with Gasteiger partial charge in [-0.2, -0.15) is 0 Å². The zero-order valence-corrected chi connectivity index (χ0v) is 45.9. The lowest BCUT2D eigenvalue weighted by molar-refractivity contribution is 0.801. The molecule has 2 nitrogen and oxygen atoms in total. The summed E-state index contributed by atoms with van der Waals surface area (Å²) in [7, 11) is 0. The van der Waals surface area contributed by atoms with Gasteiger partial charge < -0.3 is 9.80 Å². The van der Waals surface area contributed by atoms with Gasteiger partial charge in [0.15, 0.2) is 0 Å². The third-order valence-corrected chi connectivity index (χ3v) is 19.0. The van der Waals surface area contributed by atoms with Crippen LogP contribution in [0.5, 0.6) is 0 Å². The maximum Gasteiger partial charge on any atom is 0.0731 e. The molecule has 0 amide bonds. The Labute approximate surface area is 489 Å². The molecule has 0 fully saturated rings. The molecule has 4 aliphatic rings. The Hall–Kier alpha value is -10.8. The molecule has 0 N–H and O–H groups in total. The standard InChI is InChI=1S/C82H52N2/c1-3-19-57(20-4-1)83(61-45-49-63-55(51-61)39-47-71-69-27-11-17-33-77(69)81(79(63)71)73-29-13-7-23-65(73)66-24-8-14-30-74(66)81)59-41-35-53(36-42-59)54-37-43-60(44-38-54)84(58-21-5-2-6-22-58)62-46-50-64-56(52-62)40-48-72-70-28-12-18-34-78(70)82(80(64)72)75-31-15-9-25-67(75)68-26-10-16-32-76(68)82/h1-52H. The van der Waals surface area contributed by atoms with Gasteiger partial charge in [-0.3, -0.25) is 0 Å². The molecule has 0 heterocycles. The molecular formula is C82H52N2. The Morgan fingerprint density at radius 1 is 0.190 bits per heavy atom. The molecular weight excluding hydrogens is 1010 g/mol. The SMILES string of the molecule is c1ccc(N(c2ccc(-c3ccc(N(c4ccccc4)c4ccc5c6c(ccc5c4)-c4ccccc4C64c5ccccc5-c5ccccc54)cc3)cc2)c2ccc3c4c(ccc3c2)-c2ccccc2C42c3ccccc3-c3ccccc32)cc1. The average molecular weight is 1070 g/mol. The number of benzene rings is 14. The Morgan fingerprint density at radius 2 is 0.452 bits per heavy atom. The summed E-state index contributed by atoms with van der Waals surface area (Å²) in [4.78, 5) is 4.79. The molecule has 0 unspecified atom stereocenters. The summed E-state index contributed by atoms with van der Waals surface area (Å²) in [6.07, 6.45) is 0. The minimum atomic E-state index is -0.417. The summed E-state index contributed by atoms with van der Waals surface area (Å²) in [6, 6.07) is 118. The lowest BCUT2D eigenvalue weighted by atomic mass is 9.69. The van der Waals surface area contributed by atoms with Crippen LogP contribution < -0.4 is 9.80 Å². The van der Waals surface area contributed by atoms with Crippen molar-refractivity contribution in [3.63, 3.8) is 0 Å². The highest BCUT2D eigenvalue weighted by Gasteiger charge is 2.54. The number of fused-ring (bicyclic) bond motifs is 24. The smallest absolute Gasteiger partial charge is 0.0731 e. The molecule has 0 saturated carbocycles. The predicted molar refractivity (Wildman–Crippen MR) is 349 cm³/mol. The number of nitrogens with zero attached hydrogens (tertiary/aromatic N) is 2. The van der Waals surface area contributed by atoms with Crippen molar-refractivity contribution in [1.29, 1.82) is 0 Å². The number of rotatable bonds is 7. The van der Waals surface area contributed by atoms with Crippen LogP contribution in [0.4, 0.5) is 34.1 Å². The van der Waals surface area contributed by atoms with Crippen molar-refractivity contribution in [2.45, 2.75) is 10.8 Å². The van der Waals surface area contributed by atoms with Crippen molar-refractivity contribution in [1.82, 2.24) is 0 Å². The molecule has 2 spiro atoms. The first kappa shape index (κ1) is 46.9. The number of hydrogen-bond acceptors (Lipinski definition) is 2. The summed E-state index contributed by atoms with van der Waals surface area (Å²) in [5.41, 5.74) is 29.6. The van der Waals surface area contributed by atoms with Gasteiger partial charge in [0.1, 0.15) is 0 Å². The lowest BCUT2D eigenvalue weighted by Crippen LogP contribution is -2.26. The van der Waals surface area contributed by atoms with E-state index in [9.17, 15) is 0 Å². The van der Waals surface area contributed by atoms with E-state index in [0.29, 0.717) is 0 Å². The summed E-state index contributed by atoms with van der Waals surface area (Å²) in [6.45, 7) is 0. The minimum Gasteiger partial charge on any atom is -0.310 e. The van der Waals surface area contributed by atoms with Crippen molar-refractivity contribution in [2.75, 3.05) is 9.80 Å². The van der Waals surface area contributed by atoms with E-state index in [1.54, 1.807) is 0 Å². The molecule has 0 bridgehead atoms. The molecule has 0 atom stereocenters. The van der Waals surface area contributed by atoms with E-state index in [4.69, 9.17) is 0 Å². The van der Waals surface area contributed by atoms with Crippen molar-refractivity contribution >= 4 is 55.7 Å². The topological polar surface area (TPSA) is 6.48 Å². The van der Waals surface area contributed by atoms with Crippen LogP contribution in [0.2, 0.25) is 0 Å². The van der Waals surface area contributed by atoms with Crippen LogP contribution in [-0.2, 0) is 10.8 Å². The van der Waals surface area contributed by atoms with Crippen LogP contribution in [0.1, 0.15) is 44.5 Å². The Kier molecular flexibility index (Phi) is 9.97. The molecule has 18 rings (SSSR count). The quantitative estimate of drug-likeness (QED) is 0.157. The highest BCUT2D eigenvalue weighted by atomic mass is 15.1. The van der Waals surface area contributed by atoms with Gasteiger partial charge in [0.05, 0.1) is 10.8 Å². The molecule has 4 aliphatic carbocycles. The molecule has 0 saturated heterocycles. The molecule has 84 heavy (non-hydrogen) atoms. The van der Waals surface area contributed by atoms with Crippen molar-refractivity contribution < 1.29 is 0 Å². The first-order valence-corrected chi connectivity index (χ1v) is 29.3. The van der Waals surface area contributed by atoms with Crippen LogP contribution in [-0.4, -0.2) is 0 Å². The van der Waals surface area contributed by atoms with E-state index in [2.05, 4.69) is 325 Å². The zero-order valence-electron chi connectivity index (χ0n) is 45.9. The van der Waals surface area contributed by atoms with E-state index in [1.807, 2.05) is 0 Å². The van der Waals surface area contributed by atoms with Crippen LogP contribution in [0, 0.1) is 0 Å². The van der Waals surface area contributed by atoms with Gasteiger partial charge in [-0.25, -0.2) is 0 Å². The number of para-hydroxylation sites is 2. The van der Waals surface area contributed by atoms with E-state index < -0.39 is 10.8 Å². The molecule has 0 aromatic heterocycles. The number of anilines is 6. The van der Waals surface area contributed by atoms with Gasteiger partial charge in [0.25, 0.3) is 0 Å². The first-order chi connectivity index (χ1) is 41.7. The fourth-order valence-corrected chi connectivity index (χ4v) is 15.8. The first-order valence-electron chi connectivity index (χ1n) is 29.3. The van der Waals surface area contributed by atoms with Crippen molar-refractivity contribution in [2.24, 2.45) is 0 Å². The summed E-state index contributed by atoms with van der Waals surface area (Å²) in [5.74, 6) is 0. The monoisotopic (exact) mass is 1060 g/mol. The van der Waals surface area contributed by atoms with Gasteiger partial charge >= 0.3 is 0 Å². The van der Waals surface area contributed by atoms with E-state index in [1.165, 1.54) is 111 Å². The summed E-state index contributed by atoms with van der Waals surface area (Å²) in [5, 5.41) is 5.00. The summed E-state index contributed by atoms with van der Waals surface area (Å²) < 4.78 is 0. The molecule has 0 aliphatic heterocycles. The zero-order chi connectivity index (χ0) is 55.1. The van der Waals surface area contributed by atoms with Crippen LogP contribution in [0.3, 0.4) is 0 Å². The van der Waals surface area contributed by atoms with Crippen LogP contribution >= 0.6 is 0 Å². The van der Waals surface area contributed by atoms with Gasteiger partial charge in [-0.15, -0.1) is 0 Å². The van der Waals surface area contributed by atoms with Crippen LogP contribution in [0.15, 0.2) is 315 Å². The Morgan fingerprint density at radius 3 is 0.774 bits per heavy atom. The van der Waals surface area contributed by atoms with E-state index >= 15 is 0 Å². The van der Waals surface area contributed by atoms with Crippen LogP contribution in [0.25, 0.3) is 77.2 Å². The summed E-state index contributed by atoms with van der Waals surface area (Å²) >= 11 is 0. The fourth-order valence-electron chi connectivity index (χ4n) is 15.8. The second-order valence-corrected chi connectivity index (χ2v) is 23.0. The highest BCUT2D eigenvalue weighted by molar-refractivity contribution is 6.07. The largest absolute Gasteiger partial charge is 0.310 e. The molecule has 2 heteroatoms. The van der Waals surface area contributed by atoms with Gasteiger partial charge in [-0.05, 0) is 194 Å². The average Bonchev–Trinajstić information content (AvgIpc) is 1.60. The van der Waals surface area contributed by atoms with Crippen molar-refractivity contribution in [3.05, 3.63) is 360 Å².